The van der Waals surface area contributed by atoms with Gasteiger partial charge in [-0.1, -0.05) is 30.3 Å². The smallest absolute Gasteiger partial charge is 0.105 e. The maximum atomic E-state index is 5.55. The van der Waals surface area contributed by atoms with Gasteiger partial charge in [-0.2, -0.15) is 0 Å². The van der Waals surface area contributed by atoms with Gasteiger partial charge in [-0.05, 0) is 11.6 Å². The minimum absolute atomic E-state index is 0.201. The molecule has 0 saturated carbocycles. The van der Waals surface area contributed by atoms with Gasteiger partial charge in [-0.3, -0.25) is 0 Å². The average Bonchev–Trinajstić information content (AvgIpc) is 2.31. The zero-order valence-electron chi connectivity index (χ0n) is 8.93. The summed E-state index contributed by atoms with van der Waals surface area (Å²) < 4.78 is 10.8. The molecule has 0 N–H and O–H groups in total. The van der Waals surface area contributed by atoms with Crippen LogP contribution in [0.1, 0.15) is 12.0 Å². The molecule has 0 spiro atoms. The van der Waals surface area contributed by atoms with E-state index in [1.807, 2.05) is 12.1 Å². The Kier molecular flexibility index (Phi) is 3.41. The molecule has 0 saturated heterocycles. The van der Waals surface area contributed by atoms with Gasteiger partial charge >= 0.3 is 0 Å². The van der Waals surface area contributed by atoms with Crippen molar-refractivity contribution in [1.29, 1.82) is 0 Å². The number of methoxy groups -OCH3 is 1. The quantitative estimate of drug-likeness (QED) is 0.753. The molecular formula is C13H16O2. The van der Waals surface area contributed by atoms with E-state index in [1.54, 1.807) is 13.4 Å². The topological polar surface area (TPSA) is 18.5 Å². The summed E-state index contributed by atoms with van der Waals surface area (Å²) in [6.45, 7) is 0. The molecule has 0 bridgehead atoms. The van der Waals surface area contributed by atoms with Crippen molar-refractivity contribution in [3.05, 3.63) is 48.2 Å². The molecule has 0 aromatic heterocycles. The van der Waals surface area contributed by atoms with Crippen LogP contribution in [0, 0.1) is 0 Å². The Hall–Kier alpha value is -1.28. The van der Waals surface area contributed by atoms with Gasteiger partial charge in [-0.25, -0.2) is 0 Å². The zero-order valence-corrected chi connectivity index (χ0v) is 8.93. The van der Waals surface area contributed by atoms with E-state index in [9.17, 15) is 0 Å². The van der Waals surface area contributed by atoms with Gasteiger partial charge < -0.3 is 9.47 Å². The lowest BCUT2D eigenvalue weighted by atomic mass is 10.0. The third-order valence-corrected chi connectivity index (χ3v) is 2.67. The summed E-state index contributed by atoms with van der Waals surface area (Å²) in [5, 5.41) is 0. The number of hydrogen-bond acceptors (Lipinski definition) is 2. The Labute approximate surface area is 90.5 Å². The molecule has 0 amide bonds. The molecule has 1 aromatic rings. The maximum Gasteiger partial charge on any atom is 0.105 e. The summed E-state index contributed by atoms with van der Waals surface area (Å²) in [7, 11) is 1.74. The van der Waals surface area contributed by atoms with Crippen LogP contribution >= 0.6 is 0 Å². The van der Waals surface area contributed by atoms with E-state index in [2.05, 4.69) is 24.3 Å². The van der Waals surface area contributed by atoms with Crippen LogP contribution < -0.4 is 0 Å². The first-order chi connectivity index (χ1) is 7.38. The normalized spacial score (nSPS) is 24.9. The second-order valence-corrected chi connectivity index (χ2v) is 3.79. The zero-order chi connectivity index (χ0) is 10.5. The van der Waals surface area contributed by atoms with E-state index in [1.165, 1.54) is 5.56 Å². The van der Waals surface area contributed by atoms with Gasteiger partial charge in [0.15, 0.2) is 0 Å². The first-order valence-corrected chi connectivity index (χ1v) is 5.27. The van der Waals surface area contributed by atoms with E-state index < -0.39 is 0 Å². The van der Waals surface area contributed by atoms with Crippen molar-refractivity contribution >= 4 is 0 Å². The van der Waals surface area contributed by atoms with Gasteiger partial charge in [0.2, 0.25) is 0 Å². The molecule has 1 heterocycles. The van der Waals surface area contributed by atoms with Crippen LogP contribution in [0.15, 0.2) is 42.7 Å². The Morgan fingerprint density at radius 3 is 2.87 bits per heavy atom. The highest BCUT2D eigenvalue weighted by Crippen LogP contribution is 2.17. The third-order valence-electron chi connectivity index (χ3n) is 2.67. The van der Waals surface area contributed by atoms with Crippen LogP contribution in [-0.4, -0.2) is 19.3 Å². The Morgan fingerprint density at radius 2 is 2.13 bits per heavy atom. The lowest BCUT2D eigenvalue weighted by Gasteiger charge is -2.24. The van der Waals surface area contributed by atoms with Crippen molar-refractivity contribution in [2.75, 3.05) is 7.11 Å². The minimum Gasteiger partial charge on any atom is -0.498 e. The SMILES string of the molecule is CO[C@H]1C=CO[C@H](Cc2ccccc2)C1. The number of rotatable bonds is 3. The molecule has 1 aliphatic rings. The molecule has 1 aliphatic heterocycles. The van der Waals surface area contributed by atoms with Crippen molar-refractivity contribution in [2.24, 2.45) is 0 Å². The van der Waals surface area contributed by atoms with E-state index in [-0.39, 0.29) is 12.2 Å². The standard InChI is InChI=1S/C13H16O2/c1-14-12-7-8-15-13(10-12)9-11-5-3-2-4-6-11/h2-8,12-13H,9-10H2,1H3/t12-,13+/m0/s1. The molecule has 1 aromatic carbocycles. The largest absolute Gasteiger partial charge is 0.498 e. The van der Waals surface area contributed by atoms with Crippen molar-refractivity contribution in [1.82, 2.24) is 0 Å². The molecule has 2 atom stereocenters. The second-order valence-electron chi connectivity index (χ2n) is 3.79. The van der Waals surface area contributed by atoms with E-state index in [0.717, 1.165) is 12.8 Å². The first-order valence-electron chi connectivity index (χ1n) is 5.27. The summed E-state index contributed by atoms with van der Waals surface area (Å²) in [5.41, 5.74) is 1.31. The Balaban J connectivity index is 1.93. The molecule has 0 fully saturated rings. The summed E-state index contributed by atoms with van der Waals surface area (Å²) in [6.07, 6.45) is 6.04. The molecule has 15 heavy (non-hydrogen) atoms. The summed E-state index contributed by atoms with van der Waals surface area (Å²) >= 11 is 0. The van der Waals surface area contributed by atoms with Crippen LogP contribution in [0.5, 0.6) is 0 Å². The fourth-order valence-corrected chi connectivity index (χ4v) is 1.82. The molecule has 2 heteroatoms. The lowest BCUT2D eigenvalue weighted by Crippen LogP contribution is -2.25. The van der Waals surface area contributed by atoms with Gasteiger partial charge in [0.05, 0.1) is 12.4 Å². The van der Waals surface area contributed by atoms with E-state index >= 15 is 0 Å². The van der Waals surface area contributed by atoms with Crippen molar-refractivity contribution in [3.8, 4) is 0 Å². The summed E-state index contributed by atoms with van der Waals surface area (Å²) in [6, 6.07) is 10.4. The van der Waals surface area contributed by atoms with Crippen LogP contribution in [0.25, 0.3) is 0 Å². The summed E-state index contributed by atoms with van der Waals surface area (Å²) in [4.78, 5) is 0. The molecule has 2 nitrogen and oxygen atoms in total. The van der Waals surface area contributed by atoms with Gasteiger partial charge in [-0.15, -0.1) is 0 Å². The highest BCUT2D eigenvalue weighted by molar-refractivity contribution is 5.16. The van der Waals surface area contributed by atoms with Crippen LogP contribution in [0.3, 0.4) is 0 Å². The number of ether oxygens (including phenoxy) is 2. The fraction of sp³-hybridized carbons (Fsp3) is 0.385. The predicted octanol–water partition coefficient (Wildman–Crippen LogP) is 2.55. The highest BCUT2D eigenvalue weighted by Gasteiger charge is 2.18. The molecular weight excluding hydrogens is 188 g/mol. The van der Waals surface area contributed by atoms with Crippen LogP contribution in [0.2, 0.25) is 0 Å². The maximum absolute atomic E-state index is 5.55. The van der Waals surface area contributed by atoms with Crippen molar-refractivity contribution in [2.45, 2.75) is 25.0 Å². The lowest BCUT2D eigenvalue weighted by molar-refractivity contribution is 0.0404. The molecule has 80 valence electrons. The Morgan fingerprint density at radius 1 is 1.33 bits per heavy atom. The van der Waals surface area contributed by atoms with Crippen LogP contribution in [-0.2, 0) is 15.9 Å². The highest BCUT2D eigenvalue weighted by atomic mass is 16.5. The van der Waals surface area contributed by atoms with Gasteiger partial charge in [0.25, 0.3) is 0 Å². The molecule has 0 aliphatic carbocycles. The monoisotopic (exact) mass is 204 g/mol. The molecule has 0 radical (unpaired) electrons. The number of benzene rings is 1. The second kappa shape index (κ2) is 4.99. The first kappa shape index (κ1) is 10.2. The summed E-state index contributed by atoms with van der Waals surface area (Å²) in [5.74, 6) is 0. The van der Waals surface area contributed by atoms with Gasteiger partial charge in [0.1, 0.15) is 6.10 Å². The van der Waals surface area contributed by atoms with E-state index in [0.29, 0.717) is 0 Å². The molecule has 2 rings (SSSR count). The van der Waals surface area contributed by atoms with Gasteiger partial charge in [0, 0.05) is 20.0 Å². The predicted molar refractivity (Wildman–Crippen MR) is 59.6 cm³/mol. The fourth-order valence-electron chi connectivity index (χ4n) is 1.82. The van der Waals surface area contributed by atoms with Crippen LogP contribution in [0.4, 0.5) is 0 Å². The Bertz CT molecular complexity index is 319. The minimum atomic E-state index is 0.201. The molecule has 0 unspecified atom stereocenters. The van der Waals surface area contributed by atoms with Crippen molar-refractivity contribution < 1.29 is 9.47 Å². The average molecular weight is 204 g/mol. The third kappa shape index (κ3) is 2.83. The van der Waals surface area contributed by atoms with Crippen molar-refractivity contribution in [3.63, 3.8) is 0 Å². The van der Waals surface area contributed by atoms with E-state index in [4.69, 9.17) is 9.47 Å². The number of hydrogen-bond donors (Lipinski definition) is 0.